The standard InChI is InChI=1S/C15H18N2O3S/c1-11-12(2)15(8-7-14(11)20-3)21(18,19)17-10-13-6-4-5-9-16-13/h4-9,17H,10H2,1-3H3. The lowest BCUT2D eigenvalue weighted by atomic mass is 10.1. The molecule has 112 valence electrons. The maximum Gasteiger partial charge on any atom is 0.241 e. The summed E-state index contributed by atoms with van der Waals surface area (Å²) in [6, 6.07) is 8.60. The summed E-state index contributed by atoms with van der Waals surface area (Å²) < 4.78 is 32.6. The van der Waals surface area contributed by atoms with E-state index in [9.17, 15) is 8.42 Å². The molecule has 0 aliphatic carbocycles. The number of hydrogen-bond donors (Lipinski definition) is 1. The molecule has 0 bridgehead atoms. The van der Waals surface area contributed by atoms with Crippen LogP contribution >= 0.6 is 0 Å². The minimum Gasteiger partial charge on any atom is -0.496 e. The lowest BCUT2D eigenvalue weighted by Crippen LogP contribution is -2.24. The van der Waals surface area contributed by atoms with Crippen molar-refractivity contribution in [3.8, 4) is 5.75 Å². The van der Waals surface area contributed by atoms with E-state index >= 15 is 0 Å². The van der Waals surface area contributed by atoms with E-state index in [2.05, 4.69) is 9.71 Å². The van der Waals surface area contributed by atoms with Gasteiger partial charge in [-0.2, -0.15) is 0 Å². The normalized spacial score (nSPS) is 11.4. The molecule has 6 heteroatoms. The Bertz CT molecular complexity index is 728. The monoisotopic (exact) mass is 306 g/mol. The zero-order valence-electron chi connectivity index (χ0n) is 12.3. The Morgan fingerprint density at radius 2 is 1.90 bits per heavy atom. The van der Waals surface area contributed by atoms with Gasteiger partial charge < -0.3 is 4.74 Å². The van der Waals surface area contributed by atoms with Gasteiger partial charge >= 0.3 is 0 Å². The predicted molar refractivity (Wildman–Crippen MR) is 80.7 cm³/mol. The highest BCUT2D eigenvalue weighted by Crippen LogP contribution is 2.26. The largest absolute Gasteiger partial charge is 0.496 e. The van der Waals surface area contributed by atoms with Crippen molar-refractivity contribution in [2.75, 3.05) is 7.11 Å². The third-order valence-electron chi connectivity index (χ3n) is 3.37. The van der Waals surface area contributed by atoms with E-state index in [-0.39, 0.29) is 11.4 Å². The molecule has 0 amide bonds. The molecule has 0 unspecified atom stereocenters. The van der Waals surface area contributed by atoms with Gasteiger partial charge in [0.25, 0.3) is 0 Å². The fourth-order valence-corrected chi connectivity index (χ4v) is 3.33. The van der Waals surface area contributed by atoms with Crippen LogP contribution in [0.5, 0.6) is 5.75 Å². The van der Waals surface area contributed by atoms with Crippen molar-refractivity contribution < 1.29 is 13.2 Å². The van der Waals surface area contributed by atoms with Crippen molar-refractivity contribution in [2.45, 2.75) is 25.3 Å². The first kappa shape index (κ1) is 15.5. The molecule has 0 saturated carbocycles. The van der Waals surface area contributed by atoms with E-state index in [0.717, 1.165) is 5.56 Å². The summed E-state index contributed by atoms with van der Waals surface area (Å²) in [6.07, 6.45) is 1.63. The minimum atomic E-state index is -3.58. The number of benzene rings is 1. The fraction of sp³-hybridized carbons (Fsp3) is 0.267. The Labute approximate surface area is 125 Å². The second-order valence-electron chi connectivity index (χ2n) is 4.66. The summed E-state index contributed by atoms with van der Waals surface area (Å²) in [5.74, 6) is 0.677. The van der Waals surface area contributed by atoms with Gasteiger partial charge in [0.05, 0.1) is 24.2 Å². The number of nitrogens with one attached hydrogen (secondary N) is 1. The second-order valence-corrected chi connectivity index (χ2v) is 6.40. The molecule has 21 heavy (non-hydrogen) atoms. The summed E-state index contributed by atoms with van der Waals surface area (Å²) in [5, 5.41) is 0. The van der Waals surface area contributed by atoms with Crippen molar-refractivity contribution >= 4 is 10.0 Å². The van der Waals surface area contributed by atoms with Crippen LogP contribution in [0.1, 0.15) is 16.8 Å². The Balaban J connectivity index is 2.26. The number of nitrogens with zero attached hydrogens (tertiary/aromatic N) is 1. The summed E-state index contributed by atoms with van der Waals surface area (Å²) >= 11 is 0. The van der Waals surface area contributed by atoms with Gasteiger partial charge in [0.2, 0.25) is 10.0 Å². The molecule has 0 saturated heterocycles. The minimum absolute atomic E-state index is 0.160. The molecular formula is C15H18N2O3S. The fourth-order valence-electron chi connectivity index (χ4n) is 2.03. The number of sulfonamides is 1. The molecule has 1 N–H and O–H groups in total. The van der Waals surface area contributed by atoms with Crippen LogP contribution in [0, 0.1) is 13.8 Å². The summed E-state index contributed by atoms with van der Waals surface area (Å²) in [7, 11) is -2.02. The maximum atomic E-state index is 12.4. The molecule has 5 nitrogen and oxygen atoms in total. The van der Waals surface area contributed by atoms with Crippen LogP contribution in [0.2, 0.25) is 0 Å². The van der Waals surface area contributed by atoms with Crippen molar-refractivity contribution in [1.29, 1.82) is 0 Å². The van der Waals surface area contributed by atoms with E-state index in [1.807, 2.05) is 13.0 Å². The number of hydrogen-bond acceptors (Lipinski definition) is 4. The summed E-state index contributed by atoms with van der Waals surface area (Å²) in [4.78, 5) is 4.36. The lowest BCUT2D eigenvalue weighted by Gasteiger charge is -2.13. The Morgan fingerprint density at radius 1 is 1.14 bits per heavy atom. The molecule has 0 fully saturated rings. The molecule has 1 aromatic heterocycles. The van der Waals surface area contributed by atoms with Crippen LogP contribution < -0.4 is 9.46 Å². The second kappa shape index (κ2) is 6.24. The van der Waals surface area contributed by atoms with Gasteiger partial charge in [0.1, 0.15) is 5.75 Å². The first-order valence-electron chi connectivity index (χ1n) is 6.49. The van der Waals surface area contributed by atoms with Gasteiger partial charge in [0.15, 0.2) is 0 Å². The molecule has 0 radical (unpaired) electrons. The molecular weight excluding hydrogens is 288 g/mol. The number of aromatic nitrogens is 1. The van der Waals surface area contributed by atoms with Crippen LogP contribution in [0.15, 0.2) is 41.4 Å². The molecule has 1 aromatic carbocycles. The topological polar surface area (TPSA) is 68.3 Å². The molecule has 0 aliphatic heterocycles. The van der Waals surface area contributed by atoms with Gasteiger partial charge in [-0.05, 0) is 49.2 Å². The van der Waals surface area contributed by atoms with Gasteiger partial charge in [-0.3, -0.25) is 4.98 Å². The van der Waals surface area contributed by atoms with Gasteiger partial charge in [0, 0.05) is 6.20 Å². The highest BCUT2D eigenvalue weighted by Gasteiger charge is 2.19. The van der Waals surface area contributed by atoms with Crippen LogP contribution in [-0.2, 0) is 16.6 Å². The highest BCUT2D eigenvalue weighted by atomic mass is 32.2. The highest BCUT2D eigenvalue weighted by molar-refractivity contribution is 7.89. The number of ether oxygens (including phenoxy) is 1. The van der Waals surface area contributed by atoms with Gasteiger partial charge in [-0.25, -0.2) is 13.1 Å². The van der Waals surface area contributed by atoms with Crippen LogP contribution in [0.4, 0.5) is 0 Å². The van der Waals surface area contributed by atoms with E-state index in [1.54, 1.807) is 44.5 Å². The Kier molecular flexibility index (Phi) is 4.59. The summed E-state index contributed by atoms with van der Waals surface area (Å²) in [6.45, 7) is 3.77. The first-order chi connectivity index (χ1) is 9.95. The van der Waals surface area contributed by atoms with E-state index in [4.69, 9.17) is 4.74 Å². The van der Waals surface area contributed by atoms with Crippen LogP contribution in [0.3, 0.4) is 0 Å². The van der Waals surface area contributed by atoms with Crippen LogP contribution in [-0.4, -0.2) is 20.5 Å². The maximum absolute atomic E-state index is 12.4. The number of pyridine rings is 1. The van der Waals surface area contributed by atoms with Gasteiger partial charge in [-0.15, -0.1) is 0 Å². The third-order valence-corrected chi connectivity index (χ3v) is 4.91. The van der Waals surface area contributed by atoms with E-state index < -0.39 is 10.0 Å². The zero-order valence-corrected chi connectivity index (χ0v) is 13.1. The molecule has 1 heterocycles. The Morgan fingerprint density at radius 3 is 2.52 bits per heavy atom. The van der Waals surface area contributed by atoms with Crippen LogP contribution in [0.25, 0.3) is 0 Å². The quantitative estimate of drug-likeness (QED) is 0.919. The molecule has 0 spiro atoms. The first-order valence-corrected chi connectivity index (χ1v) is 7.98. The average Bonchev–Trinajstić information content (AvgIpc) is 2.49. The molecule has 2 aromatic rings. The van der Waals surface area contributed by atoms with Crippen molar-refractivity contribution in [1.82, 2.24) is 9.71 Å². The zero-order chi connectivity index (χ0) is 15.5. The molecule has 0 aliphatic rings. The third kappa shape index (κ3) is 3.40. The van der Waals surface area contributed by atoms with E-state index in [1.165, 1.54) is 0 Å². The average molecular weight is 306 g/mol. The number of methoxy groups -OCH3 is 1. The summed E-state index contributed by atoms with van der Waals surface area (Å²) in [5.41, 5.74) is 2.17. The van der Waals surface area contributed by atoms with Crippen molar-refractivity contribution in [3.63, 3.8) is 0 Å². The lowest BCUT2D eigenvalue weighted by molar-refractivity contribution is 0.410. The van der Waals surface area contributed by atoms with Gasteiger partial charge in [-0.1, -0.05) is 6.07 Å². The number of rotatable bonds is 5. The van der Waals surface area contributed by atoms with Crippen molar-refractivity contribution in [3.05, 3.63) is 53.3 Å². The predicted octanol–water partition coefficient (Wildman–Crippen LogP) is 2.19. The Hall–Kier alpha value is -1.92. The molecule has 0 atom stereocenters. The van der Waals surface area contributed by atoms with Crippen molar-refractivity contribution in [2.24, 2.45) is 0 Å². The smallest absolute Gasteiger partial charge is 0.241 e. The SMILES string of the molecule is COc1ccc(S(=O)(=O)NCc2ccccn2)c(C)c1C. The molecule has 2 rings (SSSR count). The van der Waals surface area contributed by atoms with E-state index in [0.29, 0.717) is 17.0 Å².